The minimum absolute atomic E-state index is 0.127. The average molecular weight is 284 g/mol. The van der Waals surface area contributed by atoms with Gasteiger partial charge >= 0.3 is 0 Å². The van der Waals surface area contributed by atoms with E-state index in [1.807, 2.05) is 0 Å². The molecule has 1 unspecified atom stereocenters. The van der Waals surface area contributed by atoms with Crippen molar-refractivity contribution in [1.82, 2.24) is 4.90 Å². The lowest BCUT2D eigenvalue weighted by Crippen LogP contribution is -2.26. The van der Waals surface area contributed by atoms with Gasteiger partial charge in [0, 0.05) is 37.9 Å². The number of nitrogens with one attached hydrogen (secondary N) is 1. The van der Waals surface area contributed by atoms with Gasteiger partial charge in [0.15, 0.2) is 0 Å². The summed E-state index contributed by atoms with van der Waals surface area (Å²) in [5, 5.41) is 11.5. The third-order valence-corrected chi connectivity index (χ3v) is 3.43. The van der Waals surface area contributed by atoms with Crippen LogP contribution in [0.4, 0.5) is 14.5 Å². The SMILES string of the molecule is O=C(CCN1CCC(CO)C1)Nc1cc(F)cc(F)c1. The number of hydrogen-bond acceptors (Lipinski definition) is 3. The zero-order valence-electron chi connectivity index (χ0n) is 11.1. The summed E-state index contributed by atoms with van der Waals surface area (Å²) in [6, 6.07) is 2.92. The maximum Gasteiger partial charge on any atom is 0.225 e. The van der Waals surface area contributed by atoms with Gasteiger partial charge in [0.25, 0.3) is 0 Å². The molecule has 0 aliphatic carbocycles. The number of likely N-dealkylation sites (tertiary alicyclic amines) is 1. The van der Waals surface area contributed by atoms with E-state index in [0.29, 0.717) is 6.54 Å². The molecule has 4 nitrogen and oxygen atoms in total. The highest BCUT2D eigenvalue weighted by molar-refractivity contribution is 5.90. The molecule has 2 rings (SSSR count). The van der Waals surface area contributed by atoms with Crippen LogP contribution in [-0.2, 0) is 4.79 Å². The molecule has 0 saturated carbocycles. The number of amides is 1. The van der Waals surface area contributed by atoms with Crippen LogP contribution in [0.1, 0.15) is 12.8 Å². The predicted molar refractivity (Wildman–Crippen MR) is 71.2 cm³/mol. The van der Waals surface area contributed by atoms with Crippen molar-refractivity contribution in [3.05, 3.63) is 29.8 Å². The largest absolute Gasteiger partial charge is 0.396 e. The average Bonchev–Trinajstić information content (AvgIpc) is 2.83. The van der Waals surface area contributed by atoms with Crippen LogP contribution in [0.25, 0.3) is 0 Å². The summed E-state index contributed by atoms with van der Waals surface area (Å²) in [4.78, 5) is 13.8. The maximum absolute atomic E-state index is 13.0. The first-order chi connectivity index (χ1) is 9.56. The molecule has 110 valence electrons. The Hall–Kier alpha value is -1.53. The zero-order valence-corrected chi connectivity index (χ0v) is 11.1. The molecular formula is C14H18F2N2O2. The Morgan fingerprint density at radius 1 is 1.35 bits per heavy atom. The van der Waals surface area contributed by atoms with E-state index in [2.05, 4.69) is 10.2 Å². The number of nitrogens with zero attached hydrogens (tertiary/aromatic N) is 1. The third-order valence-electron chi connectivity index (χ3n) is 3.43. The van der Waals surface area contributed by atoms with Gasteiger partial charge in [-0.3, -0.25) is 4.79 Å². The number of carbonyl (C=O) groups is 1. The molecule has 2 N–H and O–H groups in total. The Labute approximate surface area is 116 Å². The number of halogens is 2. The van der Waals surface area contributed by atoms with E-state index < -0.39 is 11.6 Å². The second-order valence-electron chi connectivity index (χ2n) is 5.09. The predicted octanol–water partition coefficient (Wildman–Crippen LogP) is 1.61. The van der Waals surface area contributed by atoms with Crippen LogP contribution in [0.15, 0.2) is 18.2 Å². The molecule has 1 aromatic carbocycles. The summed E-state index contributed by atoms with van der Waals surface area (Å²) in [7, 11) is 0. The highest BCUT2D eigenvalue weighted by Crippen LogP contribution is 2.16. The van der Waals surface area contributed by atoms with Crippen molar-refractivity contribution in [2.24, 2.45) is 5.92 Å². The van der Waals surface area contributed by atoms with Crippen LogP contribution in [0.2, 0.25) is 0 Å². The summed E-state index contributed by atoms with van der Waals surface area (Å²) in [6.07, 6.45) is 1.20. The molecule has 1 aliphatic heterocycles. The van der Waals surface area contributed by atoms with Crippen molar-refractivity contribution in [2.45, 2.75) is 12.8 Å². The fourth-order valence-corrected chi connectivity index (χ4v) is 2.37. The van der Waals surface area contributed by atoms with Gasteiger partial charge in [-0.1, -0.05) is 0 Å². The fourth-order valence-electron chi connectivity index (χ4n) is 2.37. The van der Waals surface area contributed by atoms with E-state index in [1.54, 1.807) is 0 Å². The van der Waals surface area contributed by atoms with Gasteiger partial charge in [0.2, 0.25) is 5.91 Å². The topological polar surface area (TPSA) is 52.6 Å². The summed E-state index contributed by atoms with van der Waals surface area (Å²) in [5.74, 6) is -1.42. The normalized spacial score (nSPS) is 19.2. The number of aliphatic hydroxyl groups is 1. The molecule has 20 heavy (non-hydrogen) atoms. The van der Waals surface area contributed by atoms with Gasteiger partial charge in [-0.25, -0.2) is 8.78 Å². The summed E-state index contributed by atoms with van der Waals surface area (Å²) in [6.45, 7) is 2.41. The Morgan fingerprint density at radius 2 is 2.05 bits per heavy atom. The van der Waals surface area contributed by atoms with Crippen LogP contribution in [0.5, 0.6) is 0 Å². The lowest BCUT2D eigenvalue weighted by atomic mass is 10.1. The first-order valence-corrected chi connectivity index (χ1v) is 6.66. The standard InChI is InChI=1S/C14H18F2N2O2/c15-11-5-12(16)7-13(6-11)17-14(20)2-4-18-3-1-10(8-18)9-19/h5-7,10,19H,1-4,8-9H2,(H,17,20). The molecule has 6 heteroatoms. The molecule has 1 aliphatic rings. The van der Waals surface area contributed by atoms with Gasteiger partial charge in [0.1, 0.15) is 11.6 Å². The van der Waals surface area contributed by atoms with Crippen molar-refractivity contribution in [2.75, 3.05) is 31.6 Å². The Kier molecular flexibility index (Phi) is 5.03. The number of carbonyl (C=O) groups excluding carboxylic acids is 1. The zero-order chi connectivity index (χ0) is 14.5. The van der Waals surface area contributed by atoms with E-state index in [4.69, 9.17) is 5.11 Å². The molecule has 1 amide bonds. The second kappa shape index (κ2) is 6.76. The molecule has 0 aromatic heterocycles. The number of hydrogen-bond donors (Lipinski definition) is 2. The number of benzene rings is 1. The molecule has 0 radical (unpaired) electrons. The fraction of sp³-hybridized carbons (Fsp3) is 0.500. The Balaban J connectivity index is 1.78. The minimum Gasteiger partial charge on any atom is -0.396 e. The van der Waals surface area contributed by atoms with Crippen LogP contribution >= 0.6 is 0 Å². The van der Waals surface area contributed by atoms with E-state index in [1.165, 1.54) is 0 Å². The van der Waals surface area contributed by atoms with E-state index in [9.17, 15) is 13.6 Å². The smallest absolute Gasteiger partial charge is 0.225 e. The van der Waals surface area contributed by atoms with Gasteiger partial charge in [-0.2, -0.15) is 0 Å². The highest BCUT2D eigenvalue weighted by Gasteiger charge is 2.21. The van der Waals surface area contributed by atoms with Gasteiger partial charge in [0.05, 0.1) is 0 Å². The van der Waals surface area contributed by atoms with Gasteiger partial charge in [-0.05, 0) is 31.0 Å². The number of aliphatic hydroxyl groups excluding tert-OH is 1. The van der Waals surface area contributed by atoms with Crippen LogP contribution in [0, 0.1) is 17.6 Å². The van der Waals surface area contributed by atoms with Crippen LogP contribution < -0.4 is 5.32 Å². The monoisotopic (exact) mass is 284 g/mol. The summed E-state index contributed by atoms with van der Waals surface area (Å²) >= 11 is 0. The summed E-state index contributed by atoms with van der Waals surface area (Å²) < 4.78 is 25.9. The maximum atomic E-state index is 13.0. The van der Waals surface area contributed by atoms with Crippen molar-refractivity contribution < 1.29 is 18.7 Å². The lowest BCUT2D eigenvalue weighted by Gasteiger charge is -2.15. The summed E-state index contributed by atoms with van der Waals surface area (Å²) in [5.41, 5.74) is 0.127. The van der Waals surface area contributed by atoms with Crippen molar-refractivity contribution in [3.63, 3.8) is 0 Å². The molecule has 1 heterocycles. The van der Waals surface area contributed by atoms with E-state index >= 15 is 0 Å². The molecule has 1 atom stereocenters. The lowest BCUT2D eigenvalue weighted by molar-refractivity contribution is -0.116. The second-order valence-corrected chi connectivity index (χ2v) is 5.09. The Bertz CT molecular complexity index is 462. The molecule has 0 bridgehead atoms. The molecular weight excluding hydrogens is 266 g/mol. The number of rotatable bonds is 5. The van der Waals surface area contributed by atoms with Crippen molar-refractivity contribution >= 4 is 11.6 Å². The molecule has 1 fully saturated rings. The first-order valence-electron chi connectivity index (χ1n) is 6.66. The molecule has 1 saturated heterocycles. The number of anilines is 1. The van der Waals surface area contributed by atoms with Gasteiger partial charge in [-0.15, -0.1) is 0 Å². The van der Waals surface area contributed by atoms with E-state index in [0.717, 1.165) is 37.7 Å². The van der Waals surface area contributed by atoms with Crippen molar-refractivity contribution in [3.8, 4) is 0 Å². The molecule has 0 spiro atoms. The Morgan fingerprint density at radius 3 is 2.65 bits per heavy atom. The van der Waals surface area contributed by atoms with Crippen molar-refractivity contribution in [1.29, 1.82) is 0 Å². The van der Waals surface area contributed by atoms with Crippen LogP contribution in [-0.4, -0.2) is 42.2 Å². The minimum atomic E-state index is -0.717. The highest BCUT2D eigenvalue weighted by atomic mass is 19.1. The van der Waals surface area contributed by atoms with E-state index in [-0.39, 0.29) is 30.5 Å². The third kappa shape index (κ3) is 4.25. The first kappa shape index (κ1) is 14.9. The van der Waals surface area contributed by atoms with Gasteiger partial charge < -0.3 is 15.3 Å². The molecule has 1 aromatic rings. The van der Waals surface area contributed by atoms with Crippen LogP contribution in [0.3, 0.4) is 0 Å². The quantitative estimate of drug-likeness (QED) is 0.863.